The van der Waals surface area contributed by atoms with E-state index in [0.717, 1.165) is 42.4 Å². The normalized spacial score (nSPS) is 14.8. The van der Waals surface area contributed by atoms with Gasteiger partial charge in [-0.1, -0.05) is 0 Å². The van der Waals surface area contributed by atoms with Gasteiger partial charge in [0, 0.05) is 31.1 Å². The second-order valence-corrected chi connectivity index (χ2v) is 5.63. The minimum Gasteiger partial charge on any atom is -0.466 e. The van der Waals surface area contributed by atoms with Gasteiger partial charge in [-0.3, -0.25) is 4.79 Å². The zero-order chi connectivity index (χ0) is 15.9. The van der Waals surface area contributed by atoms with E-state index in [1.807, 2.05) is 26.8 Å². The lowest BCUT2D eigenvalue weighted by molar-refractivity contribution is -0.122. The Balaban J connectivity index is 1.76. The standard InChI is InChI=1S/C16H26N4O2/c1-4-17-16(19-8-7-18-15(21)13-5-6-13)20-10-14-9-11(2)22-12(14)3/h9,13H,4-8,10H2,1-3H3,(H,18,21)(H2,17,19,20). The number of hydrogen-bond acceptors (Lipinski definition) is 3. The van der Waals surface area contributed by atoms with Gasteiger partial charge in [0.05, 0.1) is 6.54 Å². The van der Waals surface area contributed by atoms with Crippen LogP contribution in [0.4, 0.5) is 0 Å². The van der Waals surface area contributed by atoms with Gasteiger partial charge < -0.3 is 20.4 Å². The molecule has 1 aliphatic carbocycles. The van der Waals surface area contributed by atoms with Crippen LogP contribution in [-0.2, 0) is 11.3 Å². The van der Waals surface area contributed by atoms with Crippen LogP contribution in [0.15, 0.2) is 15.5 Å². The van der Waals surface area contributed by atoms with Crippen molar-refractivity contribution in [2.24, 2.45) is 10.9 Å². The van der Waals surface area contributed by atoms with Crippen LogP contribution in [0.2, 0.25) is 0 Å². The summed E-state index contributed by atoms with van der Waals surface area (Å²) in [4.78, 5) is 16.1. The molecule has 0 aromatic carbocycles. The third-order valence-electron chi connectivity index (χ3n) is 3.56. The summed E-state index contributed by atoms with van der Waals surface area (Å²) in [5.41, 5.74) is 1.09. The van der Waals surface area contributed by atoms with Crippen molar-refractivity contribution in [1.29, 1.82) is 0 Å². The zero-order valence-corrected chi connectivity index (χ0v) is 13.7. The third kappa shape index (κ3) is 5.09. The van der Waals surface area contributed by atoms with Crippen LogP contribution in [0.25, 0.3) is 0 Å². The topological polar surface area (TPSA) is 78.7 Å². The summed E-state index contributed by atoms with van der Waals surface area (Å²) < 4.78 is 5.50. The van der Waals surface area contributed by atoms with E-state index >= 15 is 0 Å². The Hall–Kier alpha value is -1.98. The van der Waals surface area contributed by atoms with E-state index in [1.165, 1.54) is 0 Å². The fourth-order valence-electron chi connectivity index (χ4n) is 2.20. The summed E-state index contributed by atoms with van der Waals surface area (Å²) in [7, 11) is 0. The molecule has 0 radical (unpaired) electrons. The number of furan rings is 1. The molecule has 0 aliphatic heterocycles. The van der Waals surface area contributed by atoms with Crippen LogP contribution in [0.5, 0.6) is 0 Å². The van der Waals surface area contributed by atoms with E-state index in [-0.39, 0.29) is 11.8 Å². The lowest BCUT2D eigenvalue weighted by Gasteiger charge is -2.11. The van der Waals surface area contributed by atoms with Crippen molar-refractivity contribution in [3.8, 4) is 0 Å². The van der Waals surface area contributed by atoms with Gasteiger partial charge in [0.15, 0.2) is 5.96 Å². The summed E-state index contributed by atoms with van der Waals surface area (Å²) in [6.45, 7) is 8.56. The van der Waals surface area contributed by atoms with Crippen molar-refractivity contribution in [3.63, 3.8) is 0 Å². The predicted molar refractivity (Wildman–Crippen MR) is 86.7 cm³/mol. The summed E-state index contributed by atoms with van der Waals surface area (Å²) >= 11 is 0. The average molecular weight is 306 g/mol. The molecule has 1 fully saturated rings. The van der Waals surface area contributed by atoms with Crippen molar-refractivity contribution in [3.05, 3.63) is 23.2 Å². The molecule has 0 atom stereocenters. The smallest absolute Gasteiger partial charge is 0.223 e. The molecule has 0 saturated heterocycles. The first-order valence-electron chi connectivity index (χ1n) is 7.96. The molecular weight excluding hydrogens is 280 g/mol. The van der Waals surface area contributed by atoms with Crippen LogP contribution < -0.4 is 16.0 Å². The molecule has 6 heteroatoms. The minimum atomic E-state index is 0.174. The average Bonchev–Trinajstić information content (AvgIpc) is 3.27. The lowest BCUT2D eigenvalue weighted by atomic mass is 10.2. The SMILES string of the molecule is CCNC(=NCc1cc(C)oc1C)NCCNC(=O)C1CC1. The summed E-state index contributed by atoms with van der Waals surface area (Å²) in [6, 6.07) is 2.01. The Morgan fingerprint density at radius 3 is 2.59 bits per heavy atom. The second kappa shape index (κ2) is 7.87. The lowest BCUT2D eigenvalue weighted by Crippen LogP contribution is -2.41. The number of rotatable bonds is 7. The van der Waals surface area contributed by atoms with Gasteiger partial charge >= 0.3 is 0 Å². The van der Waals surface area contributed by atoms with Crippen LogP contribution in [0.3, 0.4) is 0 Å². The molecule has 22 heavy (non-hydrogen) atoms. The van der Waals surface area contributed by atoms with Crippen molar-refractivity contribution >= 4 is 11.9 Å². The van der Waals surface area contributed by atoms with Crippen LogP contribution in [0.1, 0.15) is 36.8 Å². The molecule has 1 amide bonds. The molecule has 0 bridgehead atoms. The first-order chi connectivity index (χ1) is 10.6. The molecule has 3 N–H and O–H groups in total. The first kappa shape index (κ1) is 16.4. The van der Waals surface area contributed by atoms with Crippen molar-refractivity contribution in [2.75, 3.05) is 19.6 Å². The van der Waals surface area contributed by atoms with Gasteiger partial charge in [-0.2, -0.15) is 0 Å². The van der Waals surface area contributed by atoms with Gasteiger partial charge in [0.1, 0.15) is 11.5 Å². The minimum absolute atomic E-state index is 0.174. The van der Waals surface area contributed by atoms with E-state index in [9.17, 15) is 4.79 Å². The second-order valence-electron chi connectivity index (χ2n) is 5.63. The monoisotopic (exact) mass is 306 g/mol. The fourth-order valence-corrected chi connectivity index (χ4v) is 2.20. The maximum absolute atomic E-state index is 11.5. The highest BCUT2D eigenvalue weighted by Gasteiger charge is 2.28. The number of nitrogens with one attached hydrogen (secondary N) is 3. The predicted octanol–water partition coefficient (Wildman–Crippen LogP) is 1.48. The number of carbonyl (C=O) groups is 1. The summed E-state index contributed by atoms with van der Waals surface area (Å²) in [6.07, 6.45) is 2.07. The summed E-state index contributed by atoms with van der Waals surface area (Å²) in [5, 5.41) is 9.35. The number of amides is 1. The van der Waals surface area contributed by atoms with Crippen LogP contribution in [0, 0.1) is 19.8 Å². The van der Waals surface area contributed by atoms with E-state index in [1.54, 1.807) is 0 Å². The summed E-state index contributed by atoms with van der Waals surface area (Å²) in [5.74, 6) is 3.00. The number of guanidine groups is 1. The Morgan fingerprint density at radius 2 is 2.00 bits per heavy atom. The van der Waals surface area contributed by atoms with Crippen molar-refractivity contribution in [1.82, 2.24) is 16.0 Å². The number of aryl methyl sites for hydroxylation is 2. The highest BCUT2D eigenvalue weighted by atomic mass is 16.3. The maximum Gasteiger partial charge on any atom is 0.223 e. The van der Waals surface area contributed by atoms with Crippen LogP contribution in [-0.4, -0.2) is 31.5 Å². The zero-order valence-electron chi connectivity index (χ0n) is 13.7. The van der Waals surface area contributed by atoms with E-state index in [4.69, 9.17) is 4.42 Å². The Bertz CT molecular complexity index is 532. The molecule has 1 heterocycles. The molecule has 122 valence electrons. The Morgan fingerprint density at radius 1 is 1.27 bits per heavy atom. The quantitative estimate of drug-likeness (QED) is 0.405. The van der Waals surface area contributed by atoms with Crippen molar-refractivity contribution < 1.29 is 9.21 Å². The third-order valence-corrected chi connectivity index (χ3v) is 3.56. The highest BCUT2D eigenvalue weighted by Crippen LogP contribution is 2.28. The van der Waals surface area contributed by atoms with Gasteiger partial charge in [0.2, 0.25) is 5.91 Å². The molecule has 2 rings (SSSR count). The van der Waals surface area contributed by atoms with Gasteiger partial charge in [0.25, 0.3) is 0 Å². The number of carbonyl (C=O) groups excluding carboxylic acids is 1. The van der Waals surface area contributed by atoms with E-state index in [0.29, 0.717) is 19.6 Å². The van der Waals surface area contributed by atoms with Gasteiger partial charge in [-0.15, -0.1) is 0 Å². The highest BCUT2D eigenvalue weighted by molar-refractivity contribution is 5.81. The molecule has 6 nitrogen and oxygen atoms in total. The Labute approximate surface area is 131 Å². The van der Waals surface area contributed by atoms with E-state index in [2.05, 4.69) is 20.9 Å². The molecule has 0 unspecified atom stereocenters. The fraction of sp³-hybridized carbons (Fsp3) is 0.625. The molecule has 1 aliphatic rings. The molecular formula is C16H26N4O2. The first-order valence-corrected chi connectivity index (χ1v) is 7.96. The largest absolute Gasteiger partial charge is 0.466 e. The molecule has 1 aromatic rings. The van der Waals surface area contributed by atoms with Crippen LogP contribution >= 0.6 is 0 Å². The van der Waals surface area contributed by atoms with E-state index < -0.39 is 0 Å². The molecule has 0 spiro atoms. The number of aliphatic imine (C=N–C) groups is 1. The van der Waals surface area contributed by atoms with Gasteiger partial charge in [-0.25, -0.2) is 4.99 Å². The Kier molecular flexibility index (Phi) is 5.86. The van der Waals surface area contributed by atoms with Crippen molar-refractivity contribution in [2.45, 2.75) is 40.2 Å². The number of hydrogen-bond donors (Lipinski definition) is 3. The maximum atomic E-state index is 11.5. The number of nitrogens with zero attached hydrogens (tertiary/aromatic N) is 1. The molecule has 1 saturated carbocycles. The molecule has 1 aromatic heterocycles. The van der Waals surface area contributed by atoms with Gasteiger partial charge in [-0.05, 0) is 39.7 Å².